The van der Waals surface area contributed by atoms with Gasteiger partial charge in [-0.3, -0.25) is 4.79 Å². The van der Waals surface area contributed by atoms with E-state index in [4.69, 9.17) is 14.2 Å². The average Bonchev–Trinajstić information content (AvgIpc) is 2.50. The molecule has 0 radical (unpaired) electrons. The van der Waals surface area contributed by atoms with Crippen molar-refractivity contribution in [3.05, 3.63) is 17.7 Å². The largest absolute Gasteiger partial charge is 0.493 e. The fraction of sp³-hybridized carbons (Fsp3) is 0.533. The average molecular weight is 351 g/mol. The van der Waals surface area contributed by atoms with Crippen LogP contribution in [0.25, 0.3) is 0 Å². The molecule has 1 amide bonds. The van der Waals surface area contributed by atoms with E-state index in [1.54, 1.807) is 12.1 Å². The van der Waals surface area contributed by atoms with Gasteiger partial charge in [0.05, 0.1) is 27.8 Å². The van der Waals surface area contributed by atoms with Gasteiger partial charge in [0.2, 0.25) is 11.7 Å². The van der Waals surface area contributed by atoms with Gasteiger partial charge in [0.25, 0.3) is 0 Å². The molecule has 24 heavy (non-hydrogen) atoms. The van der Waals surface area contributed by atoms with Gasteiger partial charge in [-0.15, -0.1) is 0 Å². The Hall–Kier alpha value is -2.16. The number of hydrogen-bond donors (Lipinski definition) is 2. The van der Waals surface area contributed by atoms with Crippen molar-refractivity contribution in [3.63, 3.8) is 0 Å². The Morgan fingerprint density at radius 3 is 2.00 bits per heavy atom. The van der Waals surface area contributed by atoms with Crippen LogP contribution in [0.2, 0.25) is 0 Å². The predicted octanol–water partition coefficient (Wildman–Crippen LogP) is 2.03. The zero-order valence-corrected chi connectivity index (χ0v) is 13.8. The van der Waals surface area contributed by atoms with E-state index in [9.17, 15) is 23.1 Å². The summed E-state index contributed by atoms with van der Waals surface area (Å²) in [7, 11) is 4.27. The maximum Gasteiger partial charge on any atom is 0.417 e. The summed E-state index contributed by atoms with van der Waals surface area (Å²) in [4.78, 5) is 11.7. The van der Waals surface area contributed by atoms with Gasteiger partial charge in [-0.2, -0.15) is 13.2 Å². The van der Waals surface area contributed by atoms with Gasteiger partial charge in [0, 0.05) is 6.54 Å². The third-order valence-electron chi connectivity index (χ3n) is 3.33. The van der Waals surface area contributed by atoms with Crippen LogP contribution in [-0.2, 0) is 11.3 Å². The highest BCUT2D eigenvalue weighted by Crippen LogP contribution is 2.38. The lowest BCUT2D eigenvalue weighted by atomic mass is 10.0. The second kappa shape index (κ2) is 7.61. The predicted molar refractivity (Wildman–Crippen MR) is 79.2 cm³/mol. The van der Waals surface area contributed by atoms with E-state index in [0.29, 0.717) is 29.7 Å². The molecular weight excluding hydrogens is 331 g/mol. The van der Waals surface area contributed by atoms with Crippen LogP contribution in [0.4, 0.5) is 13.2 Å². The van der Waals surface area contributed by atoms with E-state index < -0.39 is 24.1 Å². The van der Waals surface area contributed by atoms with Crippen molar-refractivity contribution in [2.45, 2.75) is 31.7 Å². The quantitative estimate of drug-likeness (QED) is 0.786. The molecular formula is C15H20F3NO5. The van der Waals surface area contributed by atoms with Crippen molar-refractivity contribution < 1.29 is 37.3 Å². The highest BCUT2D eigenvalue weighted by Gasteiger charge is 2.50. The van der Waals surface area contributed by atoms with E-state index in [2.05, 4.69) is 5.32 Å². The summed E-state index contributed by atoms with van der Waals surface area (Å²) >= 11 is 0. The molecule has 0 fully saturated rings. The van der Waals surface area contributed by atoms with Crippen LogP contribution >= 0.6 is 0 Å². The first-order valence-corrected chi connectivity index (χ1v) is 6.90. The van der Waals surface area contributed by atoms with E-state index >= 15 is 0 Å². The number of aliphatic hydroxyl groups is 1. The van der Waals surface area contributed by atoms with Crippen molar-refractivity contribution >= 4 is 5.91 Å². The molecule has 1 aromatic rings. The number of halogens is 3. The van der Waals surface area contributed by atoms with Crippen molar-refractivity contribution in [1.82, 2.24) is 5.32 Å². The highest BCUT2D eigenvalue weighted by molar-refractivity contribution is 5.77. The standard InChI is InChI=1S/C15H20F3NO5/c1-14(21,15(16,17)18)7-12(20)19-8-9-5-10(22-2)13(24-4)11(6-9)23-3/h5-6,21H,7-8H2,1-4H3,(H,19,20)/t14-/m0/s1. The molecule has 1 rings (SSSR count). The molecule has 0 unspecified atom stereocenters. The van der Waals surface area contributed by atoms with Crippen molar-refractivity contribution in [3.8, 4) is 17.2 Å². The van der Waals surface area contributed by atoms with Gasteiger partial charge < -0.3 is 24.6 Å². The maximum atomic E-state index is 12.6. The van der Waals surface area contributed by atoms with Crippen LogP contribution in [-0.4, -0.2) is 44.1 Å². The Labute approximate surface area is 137 Å². The Morgan fingerprint density at radius 2 is 1.62 bits per heavy atom. The smallest absolute Gasteiger partial charge is 0.417 e. The van der Waals surface area contributed by atoms with Gasteiger partial charge in [-0.25, -0.2) is 0 Å². The molecule has 6 nitrogen and oxygen atoms in total. The number of ether oxygens (including phenoxy) is 3. The molecule has 0 aromatic heterocycles. The van der Waals surface area contributed by atoms with Gasteiger partial charge in [0.15, 0.2) is 17.1 Å². The van der Waals surface area contributed by atoms with Crippen LogP contribution in [0.15, 0.2) is 12.1 Å². The first-order chi connectivity index (χ1) is 11.1. The summed E-state index contributed by atoms with van der Waals surface area (Å²) < 4.78 is 53.1. The zero-order valence-electron chi connectivity index (χ0n) is 13.8. The van der Waals surface area contributed by atoms with E-state index in [0.717, 1.165) is 0 Å². The molecule has 0 saturated heterocycles. The lowest BCUT2D eigenvalue weighted by Gasteiger charge is -2.25. The van der Waals surface area contributed by atoms with Crippen molar-refractivity contribution in [2.24, 2.45) is 0 Å². The number of amides is 1. The van der Waals surface area contributed by atoms with Crippen molar-refractivity contribution in [2.75, 3.05) is 21.3 Å². The second-order valence-electron chi connectivity index (χ2n) is 5.26. The fourth-order valence-corrected chi connectivity index (χ4v) is 1.91. The van der Waals surface area contributed by atoms with Crippen LogP contribution in [0.3, 0.4) is 0 Å². The number of hydrogen-bond acceptors (Lipinski definition) is 5. The summed E-state index contributed by atoms with van der Waals surface area (Å²) in [5.41, 5.74) is -2.56. The van der Waals surface area contributed by atoms with E-state index in [1.165, 1.54) is 21.3 Å². The maximum absolute atomic E-state index is 12.6. The molecule has 0 aliphatic rings. The lowest BCUT2D eigenvalue weighted by Crippen LogP contribution is -2.46. The molecule has 2 N–H and O–H groups in total. The Morgan fingerprint density at radius 1 is 1.12 bits per heavy atom. The summed E-state index contributed by atoms with van der Waals surface area (Å²) in [6.45, 7) is 0.482. The zero-order chi connectivity index (χ0) is 18.5. The number of benzene rings is 1. The van der Waals surface area contributed by atoms with E-state index in [-0.39, 0.29) is 6.54 Å². The van der Waals surface area contributed by atoms with Crippen LogP contribution in [0.5, 0.6) is 17.2 Å². The number of carbonyl (C=O) groups excluding carboxylic acids is 1. The first-order valence-electron chi connectivity index (χ1n) is 6.90. The summed E-state index contributed by atoms with van der Waals surface area (Å²) in [5, 5.41) is 11.6. The molecule has 0 spiro atoms. The summed E-state index contributed by atoms with van der Waals surface area (Å²) in [5.74, 6) is 0.118. The SMILES string of the molecule is COc1cc(CNC(=O)C[C@](C)(O)C(F)(F)F)cc(OC)c1OC. The number of nitrogens with one attached hydrogen (secondary N) is 1. The highest BCUT2D eigenvalue weighted by atomic mass is 19.4. The van der Waals surface area contributed by atoms with Crippen LogP contribution < -0.4 is 19.5 Å². The molecule has 0 heterocycles. The molecule has 1 atom stereocenters. The van der Waals surface area contributed by atoms with Crippen LogP contribution in [0.1, 0.15) is 18.9 Å². The summed E-state index contributed by atoms with van der Waals surface area (Å²) in [6.07, 6.45) is -5.99. The minimum Gasteiger partial charge on any atom is -0.493 e. The minimum absolute atomic E-state index is 0.0660. The third-order valence-corrected chi connectivity index (χ3v) is 3.33. The topological polar surface area (TPSA) is 77.0 Å². The molecule has 9 heteroatoms. The van der Waals surface area contributed by atoms with Gasteiger partial charge in [-0.05, 0) is 24.6 Å². The van der Waals surface area contributed by atoms with Gasteiger partial charge in [-0.1, -0.05) is 0 Å². The second-order valence-corrected chi connectivity index (χ2v) is 5.26. The number of rotatable bonds is 7. The number of alkyl halides is 3. The van der Waals surface area contributed by atoms with Crippen LogP contribution in [0, 0.1) is 0 Å². The molecule has 0 saturated carbocycles. The molecule has 136 valence electrons. The molecule has 0 aliphatic heterocycles. The number of carbonyl (C=O) groups is 1. The molecule has 0 bridgehead atoms. The molecule has 1 aromatic carbocycles. The molecule has 0 aliphatic carbocycles. The Balaban J connectivity index is 2.83. The monoisotopic (exact) mass is 351 g/mol. The third kappa shape index (κ3) is 4.67. The lowest BCUT2D eigenvalue weighted by molar-refractivity contribution is -0.253. The normalized spacial score (nSPS) is 13.8. The first kappa shape index (κ1) is 19.9. The Bertz CT molecular complexity index is 562. The van der Waals surface area contributed by atoms with Crippen molar-refractivity contribution in [1.29, 1.82) is 0 Å². The summed E-state index contributed by atoms with van der Waals surface area (Å²) in [6, 6.07) is 3.12. The minimum atomic E-state index is -4.89. The van der Waals surface area contributed by atoms with E-state index in [1.807, 2.05) is 0 Å². The Kier molecular flexibility index (Phi) is 6.30. The fourth-order valence-electron chi connectivity index (χ4n) is 1.91. The van der Waals surface area contributed by atoms with Gasteiger partial charge >= 0.3 is 6.18 Å². The number of methoxy groups -OCH3 is 3. The van der Waals surface area contributed by atoms with Gasteiger partial charge in [0.1, 0.15) is 0 Å².